The van der Waals surface area contributed by atoms with Crippen LogP contribution in [-0.4, -0.2) is 32.8 Å². The molecule has 0 atom stereocenters. The van der Waals surface area contributed by atoms with Gasteiger partial charge in [0.05, 0.1) is 14.2 Å². The molecule has 0 unspecified atom stereocenters. The molecule has 0 aliphatic rings. The monoisotopic (exact) mass is 255 g/mol. The predicted molar refractivity (Wildman–Crippen MR) is 75.7 cm³/mol. The first-order valence-corrected chi connectivity index (χ1v) is 7.16. The van der Waals surface area contributed by atoms with Crippen molar-refractivity contribution >= 4 is 17.4 Å². The Kier molecular flexibility index (Phi) is 6.70. The van der Waals surface area contributed by atoms with Gasteiger partial charge in [0.15, 0.2) is 11.5 Å². The second-order valence-electron chi connectivity index (χ2n) is 3.70. The maximum absolute atomic E-state index is 5.25. The highest BCUT2D eigenvalue weighted by Crippen LogP contribution is 2.29. The topological polar surface area (TPSA) is 30.5 Å². The van der Waals surface area contributed by atoms with Crippen molar-refractivity contribution in [3.05, 3.63) is 18.2 Å². The Labute approximate surface area is 108 Å². The van der Waals surface area contributed by atoms with Crippen molar-refractivity contribution < 1.29 is 9.47 Å². The number of ether oxygens (including phenoxy) is 2. The van der Waals surface area contributed by atoms with Crippen LogP contribution in [0.4, 0.5) is 5.69 Å². The Hall–Kier alpha value is -1.03. The number of nitrogens with one attached hydrogen (secondary N) is 1. The summed E-state index contributed by atoms with van der Waals surface area (Å²) in [4.78, 5) is 0. The third-order valence-electron chi connectivity index (χ3n) is 2.49. The zero-order chi connectivity index (χ0) is 12.5. The van der Waals surface area contributed by atoms with Crippen LogP contribution in [0.3, 0.4) is 0 Å². The highest BCUT2D eigenvalue weighted by atomic mass is 32.2. The molecule has 0 saturated carbocycles. The molecule has 96 valence electrons. The molecule has 0 radical (unpaired) electrons. The van der Waals surface area contributed by atoms with E-state index in [1.165, 1.54) is 18.6 Å². The van der Waals surface area contributed by atoms with Crippen LogP contribution >= 0.6 is 11.8 Å². The lowest BCUT2D eigenvalue weighted by molar-refractivity contribution is 0.355. The number of rotatable bonds is 8. The summed E-state index contributed by atoms with van der Waals surface area (Å²) in [5.74, 6) is 2.76. The molecule has 0 heterocycles. The van der Waals surface area contributed by atoms with E-state index in [2.05, 4.69) is 11.6 Å². The van der Waals surface area contributed by atoms with E-state index in [-0.39, 0.29) is 0 Å². The minimum absolute atomic E-state index is 0.764. The molecule has 0 spiro atoms. The number of hydrogen-bond acceptors (Lipinski definition) is 4. The van der Waals surface area contributed by atoms with Crippen LogP contribution in [0.25, 0.3) is 0 Å². The summed E-state index contributed by atoms with van der Waals surface area (Å²) in [5, 5.41) is 3.38. The third kappa shape index (κ3) is 4.77. The summed E-state index contributed by atoms with van der Waals surface area (Å²) in [7, 11) is 3.30. The second kappa shape index (κ2) is 8.12. The molecule has 0 fully saturated rings. The Morgan fingerprint density at radius 1 is 1.12 bits per heavy atom. The molecule has 0 bridgehead atoms. The third-order valence-corrected chi connectivity index (χ3v) is 3.18. The first kappa shape index (κ1) is 14.0. The van der Waals surface area contributed by atoms with Gasteiger partial charge in [0, 0.05) is 18.3 Å². The maximum Gasteiger partial charge on any atom is 0.162 e. The molecule has 1 aromatic carbocycles. The number of hydrogen-bond donors (Lipinski definition) is 1. The van der Waals surface area contributed by atoms with Gasteiger partial charge in [-0.25, -0.2) is 0 Å². The van der Waals surface area contributed by atoms with E-state index < -0.39 is 0 Å². The summed E-state index contributed by atoms with van der Waals surface area (Å²) in [6.45, 7) is 0.996. The number of unbranched alkanes of at least 4 members (excludes halogenated alkanes) is 1. The van der Waals surface area contributed by atoms with E-state index in [1.807, 2.05) is 30.0 Å². The first-order valence-electron chi connectivity index (χ1n) is 5.76. The van der Waals surface area contributed by atoms with E-state index in [1.54, 1.807) is 14.2 Å². The van der Waals surface area contributed by atoms with Crippen LogP contribution in [-0.2, 0) is 0 Å². The SMILES string of the molecule is COc1ccc(NCCCCSC)cc1OC. The van der Waals surface area contributed by atoms with Crippen LogP contribution in [0, 0.1) is 0 Å². The van der Waals surface area contributed by atoms with E-state index in [0.717, 1.165) is 23.7 Å². The molecule has 1 aromatic rings. The summed E-state index contributed by atoms with van der Waals surface area (Å²) < 4.78 is 10.4. The molecule has 0 aliphatic heterocycles. The normalized spacial score (nSPS) is 10.1. The molecule has 3 nitrogen and oxygen atoms in total. The number of anilines is 1. The van der Waals surface area contributed by atoms with E-state index >= 15 is 0 Å². The molecule has 0 amide bonds. The molecular weight excluding hydrogens is 234 g/mol. The van der Waals surface area contributed by atoms with Gasteiger partial charge in [-0.15, -0.1) is 0 Å². The summed E-state index contributed by atoms with van der Waals surface area (Å²) >= 11 is 1.89. The van der Waals surface area contributed by atoms with Gasteiger partial charge in [0.25, 0.3) is 0 Å². The van der Waals surface area contributed by atoms with Crippen molar-refractivity contribution in [3.63, 3.8) is 0 Å². The summed E-state index contributed by atoms with van der Waals surface area (Å²) in [6, 6.07) is 5.90. The standard InChI is InChI=1S/C13H21NO2S/c1-15-12-7-6-11(10-13(12)16-2)14-8-4-5-9-17-3/h6-7,10,14H,4-5,8-9H2,1-3H3. The molecule has 0 aliphatic carbocycles. The van der Waals surface area contributed by atoms with Gasteiger partial charge in [-0.2, -0.15) is 11.8 Å². The van der Waals surface area contributed by atoms with Crippen molar-refractivity contribution in [1.82, 2.24) is 0 Å². The zero-order valence-electron chi connectivity index (χ0n) is 10.8. The lowest BCUT2D eigenvalue weighted by Crippen LogP contribution is -2.02. The van der Waals surface area contributed by atoms with Crippen LogP contribution in [0.5, 0.6) is 11.5 Å². The van der Waals surface area contributed by atoms with Crippen molar-refractivity contribution in [2.24, 2.45) is 0 Å². The summed E-state index contributed by atoms with van der Waals surface area (Å²) in [5.41, 5.74) is 1.08. The Morgan fingerprint density at radius 3 is 2.53 bits per heavy atom. The minimum Gasteiger partial charge on any atom is -0.493 e. The Balaban J connectivity index is 2.43. The number of methoxy groups -OCH3 is 2. The fraction of sp³-hybridized carbons (Fsp3) is 0.538. The molecule has 4 heteroatoms. The molecule has 1 N–H and O–H groups in total. The molecule has 0 aromatic heterocycles. The van der Waals surface area contributed by atoms with Crippen LogP contribution in [0.1, 0.15) is 12.8 Å². The highest BCUT2D eigenvalue weighted by Gasteiger charge is 2.03. The van der Waals surface area contributed by atoms with Gasteiger partial charge in [-0.1, -0.05) is 0 Å². The predicted octanol–water partition coefficient (Wildman–Crippen LogP) is 3.26. The van der Waals surface area contributed by atoms with Crippen molar-refractivity contribution in [3.8, 4) is 11.5 Å². The van der Waals surface area contributed by atoms with E-state index in [9.17, 15) is 0 Å². The van der Waals surface area contributed by atoms with Gasteiger partial charge >= 0.3 is 0 Å². The second-order valence-corrected chi connectivity index (χ2v) is 4.68. The van der Waals surface area contributed by atoms with Crippen molar-refractivity contribution in [2.45, 2.75) is 12.8 Å². The van der Waals surface area contributed by atoms with Crippen LogP contribution < -0.4 is 14.8 Å². The van der Waals surface area contributed by atoms with Gasteiger partial charge < -0.3 is 14.8 Å². The first-order chi connectivity index (χ1) is 8.31. The fourth-order valence-corrected chi connectivity index (χ4v) is 2.04. The average Bonchev–Trinajstić information content (AvgIpc) is 2.38. The number of thioether (sulfide) groups is 1. The van der Waals surface area contributed by atoms with E-state index in [4.69, 9.17) is 9.47 Å². The Morgan fingerprint density at radius 2 is 1.88 bits per heavy atom. The number of benzene rings is 1. The van der Waals surface area contributed by atoms with Crippen molar-refractivity contribution in [2.75, 3.05) is 38.1 Å². The lowest BCUT2D eigenvalue weighted by atomic mass is 10.2. The molecular formula is C13H21NO2S. The van der Waals surface area contributed by atoms with Gasteiger partial charge in [0.1, 0.15) is 0 Å². The quantitative estimate of drug-likeness (QED) is 0.722. The maximum atomic E-state index is 5.25. The Bertz CT molecular complexity index is 331. The highest BCUT2D eigenvalue weighted by molar-refractivity contribution is 7.98. The zero-order valence-corrected chi connectivity index (χ0v) is 11.6. The van der Waals surface area contributed by atoms with Gasteiger partial charge in [-0.3, -0.25) is 0 Å². The van der Waals surface area contributed by atoms with Crippen LogP contribution in [0.2, 0.25) is 0 Å². The minimum atomic E-state index is 0.764. The smallest absolute Gasteiger partial charge is 0.162 e. The largest absolute Gasteiger partial charge is 0.493 e. The fourth-order valence-electron chi connectivity index (χ4n) is 1.55. The van der Waals surface area contributed by atoms with Crippen molar-refractivity contribution in [1.29, 1.82) is 0 Å². The summed E-state index contributed by atoms with van der Waals surface area (Å²) in [6.07, 6.45) is 4.58. The molecule has 1 rings (SSSR count). The average molecular weight is 255 g/mol. The van der Waals surface area contributed by atoms with E-state index in [0.29, 0.717) is 0 Å². The molecule has 0 saturated heterocycles. The lowest BCUT2D eigenvalue weighted by Gasteiger charge is -2.11. The molecule has 17 heavy (non-hydrogen) atoms. The van der Waals surface area contributed by atoms with Crippen LogP contribution in [0.15, 0.2) is 18.2 Å². The van der Waals surface area contributed by atoms with Gasteiger partial charge in [-0.05, 0) is 37.0 Å². The van der Waals surface area contributed by atoms with Gasteiger partial charge in [0.2, 0.25) is 0 Å².